The Hall–Kier alpha value is -4.44. The zero-order valence-electron chi connectivity index (χ0n) is 17.3. The molecule has 5 aromatic rings. The Bertz CT molecular complexity index is 1390. The number of carbonyl (C=O) groups excluding carboxylic acids is 1. The molecule has 4 nitrogen and oxygen atoms in total. The molecule has 0 aliphatic carbocycles. The highest BCUT2D eigenvalue weighted by molar-refractivity contribution is 5.95. The molecule has 0 aliphatic heterocycles. The van der Waals surface area contributed by atoms with E-state index in [1.807, 2.05) is 109 Å². The van der Waals surface area contributed by atoms with Crippen molar-refractivity contribution in [3.63, 3.8) is 0 Å². The zero-order valence-corrected chi connectivity index (χ0v) is 17.3. The van der Waals surface area contributed by atoms with E-state index < -0.39 is 5.97 Å². The summed E-state index contributed by atoms with van der Waals surface area (Å²) in [6, 6.07) is 36.6. The van der Waals surface area contributed by atoms with Crippen LogP contribution < -0.4 is 0 Å². The van der Waals surface area contributed by atoms with Crippen molar-refractivity contribution < 1.29 is 9.53 Å². The number of aromatic nitrogens is 2. The predicted molar refractivity (Wildman–Crippen MR) is 127 cm³/mol. The lowest BCUT2D eigenvalue weighted by Gasteiger charge is -2.11. The second-order valence-corrected chi connectivity index (χ2v) is 7.26. The number of para-hydroxylation sites is 3. The maximum Gasteiger partial charge on any atom is 0.343 e. The Balaban J connectivity index is 1.66. The SMILES string of the molecule is O=C(O/C(=C/c1nc2ccccc2n1-c1ccccc1)c1ccccc1)c1ccccc1. The van der Waals surface area contributed by atoms with Gasteiger partial charge in [-0.2, -0.15) is 0 Å². The molecule has 0 bridgehead atoms. The molecule has 4 heteroatoms. The van der Waals surface area contributed by atoms with Gasteiger partial charge in [-0.15, -0.1) is 0 Å². The Labute approximate surface area is 186 Å². The number of nitrogens with zero attached hydrogens (tertiary/aromatic N) is 2. The molecular weight excluding hydrogens is 396 g/mol. The van der Waals surface area contributed by atoms with Gasteiger partial charge in [0.05, 0.1) is 16.6 Å². The number of benzene rings is 4. The van der Waals surface area contributed by atoms with Gasteiger partial charge >= 0.3 is 5.97 Å². The smallest absolute Gasteiger partial charge is 0.343 e. The van der Waals surface area contributed by atoms with Gasteiger partial charge < -0.3 is 4.74 Å². The van der Waals surface area contributed by atoms with E-state index in [1.54, 1.807) is 12.1 Å². The van der Waals surface area contributed by atoms with E-state index in [2.05, 4.69) is 4.57 Å². The summed E-state index contributed by atoms with van der Waals surface area (Å²) in [6.07, 6.45) is 1.82. The quantitative estimate of drug-likeness (QED) is 0.247. The average molecular weight is 416 g/mol. The minimum absolute atomic E-state index is 0.414. The van der Waals surface area contributed by atoms with Crippen LogP contribution in [0.1, 0.15) is 21.7 Å². The molecule has 1 aromatic heterocycles. The van der Waals surface area contributed by atoms with Crippen molar-refractivity contribution in [3.8, 4) is 5.69 Å². The van der Waals surface area contributed by atoms with Gasteiger partial charge in [0.15, 0.2) is 0 Å². The molecule has 0 radical (unpaired) electrons. The number of hydrogen-bond acceptors (Lipinski definition) is 3. The predicted octanol–water partition coefficient (Wildman–Crippen LogP) is 6.38. The van der Waals surface area contributed by atoms with Crippen molar-refractivity contribution in [2.24, 2.45) is 0 Å². The Kier molecular flexibility index (Phi) is 5.33. The number of fused-ring (bicyclic) bond motifs is 1. The van der Waals surface area contributed by atoms with Crippen LogP contribution >= 0.6 is 0 Å². The van der Waals surface area contributed by atoms with Crippen molar-refractivity contribution >= 4 is 28.8 Å². The summed E-state index contributed by atoms with van der Waals surface area (Å²) in [7, 11) is 0. The lowest BCUT2D eigenvalue weighted by atomic mass is 10.1. The van der Waals surface area contributed by atoms with Crippen LogP contribution in [-0.2, 0) is 4.74 Å². The van der Waals surface area contributed by atoms with Crippen molar-refractivity contribution in [2.45, 2.75) is 0 Å². The number of imidazole rings is 1. The first kappa shape index (κ1) is 19.5. The maximum atomic E-state index is 12.9. The molecule has 1 heterocycles. The fraction of sp³-hybridized carbons (Fsp3) is 0. The first-order valence-electron chi connectivity index (χ1n) is 10.4. The highest BCUT2D eigenvalue weighted by Gasteiger charge is 2.16. The van der Waals surface area contributed by atoms with Crippen molar-refractivity contribution in [3.05, 3.63) is 132 Å². The molecule has 0 N–H and O–H groups in total. The molecule has 0 atom stereocenters. The monoisotopic (exact) mass is 416 g/mol. The minimum atomic E-state index is -0.414. The first-order valence-corrected chi connectivity index (χ1v) is 10.4. The van der Waals surface area contributed by atoms with Gasteiger partial charge in [-0.05, 0) is 36.4 Å². The summed E-state index contributed by atoms with van der Waals surface area (Å²) < 4.78 is 7.95. The van der Waals surface area contributed by atoms with Gasteiger partial charge in [-0.1, -0.05) is 78.9 Å². The largest absolute Gasteiger partial charge is 0.422 e. The molecule has 0 aliphatic rings. The molecule has 32 heavy (non-hydrogen) atoms. The van der Waals surface area contributed by atoms with E-state index in [0.29, 0.717) is 17.1 Å². The summed E-state index contributed by atoms with van der Waals surface area (Å²) in [5.41, 5.74) is 4.11. The number of hydrogen-bond donors (Lipinski definition) is 0. The van der Waals surface area contributed by atoms with Crippen LogP contribution in [0.4, 0.5) is 0 Å². The standard InChI is InChI=1S/C28H20N2O2/c31-28(22-14-6-2-7-15-22)32-26(21-12-4-1-5-13-21)20-27-29-24-18-10-11-19-25(24)30(27)23-16-8-3-9-17-23/h1-20H/b26-20+. The van der Waals surface area contributed by atoms with E-state index in [0.717, 1.165) is 22.3 Å². The van der Waals surface area contributed by atoms with Crippen LogP contribution in [0.25, 0.3) is 28.6 Å². The van der Waals surface area contributed by atoms with Gasteiger partial charge in [-0.3, -0.25) is 4.57 Å². The van der Waals surface area contributed by atoms with Gasteiger partial charge in [0, 0.05) is 17.3 Å². The van der Waals surface area contributed by atoms with Crippen LogP contribution in [0.2, 0.25) is 0 Å². The van der Waals surface area contributed by atoms with Crippen LogP contribution in [0.3, 0.4) is 0 Å². The zero-order chi connectivity index (χ0) is 21.8. The fourth-order valence-electron chi connectivity index (χ4n) is 3.61. The average Bonchev–Trinajstić information content (AvgIpc) is 3.23. The number of ether oxygens (including phenoxy) is 1. The van der Waals surface area contributed by atoms with Gasteiger partial charge in [0.2, 0.25) is 0 Å². The van der Waals surface area contributed by atoms with E-state index in [-0.39, 0.29) is 0 Å². The van der Waals surface area contributed by atoms with Crippen LogP contribution in [0, 0.1) is 0 Å². The Morgan fingerprint density at radius 2 is 1.25 bits per heavy atom. The van der Waals surface area contributed by atoms with Crippen molar-refractivity contribution in [2.75, 3.05) is 0 Å². The van der Waals surface area contributed by atoms with Gasteiger partial charge in [0.25, 0.3) is 0 Å². The summed E-state index contributed by atoms with van der Waals surface area (Å²) in [5, 5.41) is 0. The van der Waals surface area contributed by atoms with Gasteiger partial charge in [0.1, 0.15) is 11.6 Å². The molecular formula is C28H20N2O2. The van der Waals surface area contributed by atoms with E-state index >= 15 is 0 Å². The topological polar surface area (TPSA) is 44.1 Å². The van der Waals surface area contributed by atoms with Crippen LogP contribution in [0.5, 0.6) is 0 Å². The highest BCUT2D eigenvalue weighted by atomic mass is 16.5. The third-order valence-corrected chi connectivity index (χ3v) is 5.13. The lowest BCUT2D eigenvalue weighted by Crippen LogP contribution is -2.05. The second-order valence-electron chi connectivity index (χ2n) is 7.26. The minimum Gasteiger partial charge on any atom is -0.422 e. The first-order chi connectivity index (χ1) is 15.8. The van der Waals surface area contributed by atoms with E-state index in [9.17, 15) is 4.79 Å². The molecule has 5 rings (SSSR count). The molecule has 0 unspecified atom stereocenters. The van der Waals surface area contributed by atoms with Crippen molar-refractivity contribution in [1.29, 1.82) is 0 Å². The molecule has 0 fully saturated rings. The molecule has 0 saturated heterocycles. The Morgan fingerprint density at radius 1 is 0.688 bits per heavy atom. The van der Waals surface area contributed by atoms with Gasteiger partial charge in [-0.25, -0.2) is 9.78 Å². The van der Waals surface area contributed by atoms with Crippen molar-refractivity contribution in [1.82, 2.24) is 9.55 Å². The lowest BCUT2D eigenvalue weighted by molar-refractivity contribution is 0.0693. The third-order valence-electron chi connectivity index (χ3n) is 5.13. The maximum absolute atomic E-state index is 12.9. The summed E-state index contributed by atoms with van der Waals surface area (Å²) in [5.74, 6) is 0.701. The summed E-state index contributed by atoms with van der Waals surface area (Å²) >= 11 is 0. The fourth-order valence-corrected chi connectivity index (χ4v) is 3.61. The molecule has 4 aromatic carbocycles. The highest BCUT2D eigenvalue weighted by Crippen LogP contribution is 2.26. The summed E-state index contributed by atoms with van der Waals surface area (Å²) in [4.78, 5) is 17.7. The third kappa shape index (κ3) is 3.94. The number of rotatable bonds is 5. The molecule has 154 valence electrons. The van der Waals surface area contributed by atoms with Crippen LogP contribution in [0.15, 0.2) is 115 Å². The molecule has 0 amide bonds. The number of esters is 1. The van der Waals surface area contributed by atoms with E-state index in [1.165, 1.54) is 0 Å². The molecule has 0 spiro atoms. The second kappa shape index (κ2) is 8.74. The van der Waals surface area contributed by atoms with Crippen LogP contribution in [-0.4, -0.2) is 15.5 Å². The normalized spacial score (nSPS) is 11.4. The Morgan fingerprint density at radius 3 is 1.94 bits per heavy atom. The number of carbonyl (C=O) groups is 1. The van der Waals surface area contributed by atoms with E-state index in [4.69, 9.17) is 9.72 Å². The molecule has 0 saturated carbocycles. The summed E-state index contributed by atoms with van der Waals surface area (Å²) in [6.45, 7) is 0.